The van der Waals surface area contributed by atoms with Crippen molar-refractivity contribution in [1.29, 1.82) is 0 Å². The molecule has 2 heterocycles. The van der Waals surface area contributed by atoms with Gasteiger partial charge in [0, 0.05) is 28.9 Å². The normalized spacial score (nSPS) is 24.8. The van der Waals surface area contributed by atoms with Crippen LogP contribution >= 0.6 is 11.6 Å². The van der Waals surface area contributed by atoms with Crippen molar-refractivity contribution < 1.29 is 13.2 Å². The maximum Gasteiger partial charge on any atom is 0.254 e. The predicted molar refractivity (Wildman–Crippen MR) is 108 cm³/mol. The Morgan fingerprint density at radius 1 is 1.00 bits per heavy atom. The highest BCUT2D eigenvalue weighted by atomic mass is 35.5. The summed E-state index contributed by atoms with van der Waals surface area (Å²) in [5.74, 6) is 0.00657. The standard InChI is InChI=1S/C21H22ClNO3S/c1-27(25,26)20-12-18-9-10-19(13-20)23(18)21(24)15-7-5-14(6-8-15)16-3-2-4-17(22)11-16/h2-8,11,18-20H,9-10,12-13H2,1H3. The molecule has 0 aromatic heterocycles. The zero-order valence-corrected chi connectivity index (χ0v) is 16.7. The molecule has 0 N–H and O–H groups in total. The Bertz CT molecular complexity index is 957. The SMILES string of the molecule is CS(=O)(=O)C1CC2CCC(C1)N2C(=O)c1ccc(-c2cccc(Cl)c2)cc1. The number of halogens is 1. The number of carbonyl (C=O) groups is 1. The number of hydrogen-bond donors (Lipinski definition) is 0. The maximum absolute atomic E-state index is 13.1. The third-order valence-electron chi connectivity index (χ3n) is 5.82. The number of benzene rings is 2. The lowest BCUT2D eigenvalue weighted by atomic mass is 9.99. The molecule has 0 saturated carbocycles. The Morgan fingerprint density at radius 2 is 1.63 bits per heavy atom. The van der Waals surface area contributed by atoms with E-state index in [-0.39, 0.29) is 23.2 Å². The zero-order chi connectivity index (χ0) is 19.2. The second-order valence-electron chi connectivity index (χ2n) is 7.61. The lowest BCUT2D eigenvalue weighted by molar-refractivity contribution is 0.0598. The van der Waals surface area contributed by atoms with Crippen molar-refractivity contribution in [2.24, 2.45) is 0 Å². The van der Waals surface area contributed by atoms with E-state index in [1.54, 1.807) is 0 Å². The zero-order valence-electron chi connectivity index (χ0n) is 15.1. The van der Waals surface area contributed by atoms with Crippen molar-refractivity contribution in [2.45, 2.75) is 43.0 Å². The predicted octanol–water partition coefficient (Wildman–Crippen LogP) is 4.19. The molecule has 2 unspecified atom stereocenters. The van der Waals surface area contributed by atoms with Gasteiger partial charge in [-0.25, -0.2) is 8.42 Å². The highest BCUT2D eigenvalue weighted by Gasteiger charge is 2.45. The van der Waals surface area contributed by atoms with Gasteiger partial charge in [-0.1, -0.05) is 35.9 Å². The number of amides is 1. The van der Waals surface area contributed by atoms with Crippen LogP contribution in [-0.2, 0) is 9.84 Å². The number of rotatable bonds is 3. The molecule has 2 saturated heterocycles. The molecule has 0 aliphatic carbocycles. The largest absolute Gasteiger partial charge is 0.333 e. The summed E-state index contributed by atoms with van der Waals surface area (Å²) < 4.78 is 23.9. The number of nitrogens with zero attached hydrogens (tertiary/aromatic N) is 1. The summed E-state index contributed by atoms with van der Waals surface area (Å²) in [5.41, 5.74) is 2.67. The first kappa shape index (κ1) is 18.5. The molecule has 2 aliphatic heterocycles. The van der Waals surface area contributed by atoms with E-state index in [4.69, 9.17) is 11.6 Å². The average molecular weight is 404 g/mol. The van der Waals surface area contributed by atoms with Crippen LogP contribution in [0, 0.1) is 0 Å². The first-order chi connectivity index (χ1) is 12.8. The summed E-state index contributed by atoms with van der Waals surface area (Å²) in [6.07, 6.45) is 4.21. The molecule has 0 radical (unpaired) electrons. The van der Waals surface area contributed by atoms with E-state index < -0.39 is 9.84 Å². The van der Waals surface area contributed by atoms with Crippen LogP contribution in [0.4, 0.5) is 0 Å². The molecule has 2 fully saturated rings. The first-order valence-electron chi connectivity index (χ1n) is 9.20. The van der Waals surface area contributed by atoms with Gasteiger partial charge in [-0.15, -0.1) is 0 Å². The second kappa shape index (κ2) is 6.95. The van der Waals surface area contributed by atoms with E-state index in [1.165, 1.54) is 6.26 Å². The highest BCUT2D eigenvalue weighted by molar-refractivity contribution is 7.91. The van der Waals surface area contributed by atoms with Gasteiger partial charge in [0.25, 0.3) is 5.91 Å². The Hall–Kier alpha value is -1.85. The number of fused-ring (bicyclic) bond motifs is 2. The summed E-state index contributed by atoms with van der Waals surface area (Å²) in [4.78, 5) is 15.0. The van der Waals surface area contributed by atoms with Crippen LogP contribution in [0.2, 0.25) is 5.02 Å². The molecule has 2 aromatic carbocycles. The van der Waals surface area contributed by atoms with Gasteiger partial charge in [-0.2, -0.15) is 0 Å². The topological polar surface area (TPSA) is 54.5 Å². The summed E-state index contributed by atoms with van der Waals surface area (Å²) in [6.45, 7) is 0. The van der Waals surface area contributed by atoms with Crippen LogP contribution in [0.3, 0.4) is 0 Å². The van der Waals surface area contributed by atoms with Crippen LogP contribution in [0.1, 0.15) is 36.0 Å². The molecule has 4 rings (SSSR count). The number of carbonyl (C=O) groups excluding carboxylic acids is 1. The molecule has 2 aliphatic rings. The summed E-state index contributed by atoms with van der Waals surface area (Å²) in [7, 11) is -3.05. The van der Waals surface area contributed by atoms with Crippen molar-refractivity contribution in [3.05, 3.63) is 59.1 Å². The van der Waals surface area contributed by atoms with Gasteiger partial charge < -0.3 is 4.90 Å². The van der Waals surface area contributed by atoms with Gasteiger partial charge in [-0.3, -0.25) is 4.79 Å². The number of sulfone groups is 1. The lowest BCUT2D eigenvalue weighted by Gasteiger charge is -2.38. The van der Waals surface area contributed by atoms with Gasteiger partial charge in [0.1, 0.15) is 9.84 Å². The molecule has 27 heavy (non-hydrogen) atoms. The molecule has 6 heteroatoms. The minimum atomic E-state index is -3.05. The van der Waals surface area contributed by atoms with Crippen molar-refractivity contribution in [1.82, 2.24) is 4.90 Å². The monoisotopic (exact) mass is 403 g/mol. The van der Waals surface area contributed by atoms with E-state index in [1.807, 2.05) is 53.4 Å². The lowest BCUT2D eigenvalue weighted by Crippen LogP contribution is -2.49. The fourth-order valence-electron chi connectivity index (χ4n) is 4.43. The molecule has 2 atom stereocenters. The molecule has 1 amide bonds. The van der Waals surface area contributed by atoms with Gasteiger partial charge in [0.2, 0.25) is 0 Å². The third kappa shape index (κ3) is 3.63. The highest BCUT2D eigenvalue weighted by Crippen LogP contribution is 2.39. The van der Waals surface area contributed by atoms with Crippen LogP contribution in [-0.4, -0.2) is 42.8 Å². The van der Waals surface area contributed by atoms with Gasteiger partial charge in [0.05, 0.1) is 5.25 Å². The van der Waals surface area contributed by atoms with E-state index in [0.29, 0.717) is 23.4 Å². The number of hydrogen-bond acceptors (Lipinski definition) is 3. The van der Waals surface area contributed by atoms with E-state index in [9.17, 15) is 13.2 Å². The van der Waals surface area contributed by atoms with E-state index in [2.05, 4.69) is 0 Å². The van der Waals surface area contributed by atoms with Crippen molar-refractivity contribution in [3.8, 4) is 11.1 Å². The molecular weight excluding hydrogens is 382 g/mol. The van der Waals surface area contributed by atoms with E-state index in [0.717, 1.165) is 24.0 Å². The molecular formula is C21H22ClNO3S. The van der Waals surface area contributed by atoms with Gasteiger partial charge in [0.15, 0.2) is 0 Å². The maximum atomic E-state index is 13.1. The van der Waals surface area contributed by atoms with Crippen LogP contribution in [0.5, 0.6) is 0 Å². The third-order valence-corrected chi connectivity index (χ3v) is 7.65. The van der Waals surface area contributed by atoms with Crippen molar-refractivity contribution in [2.75, 3.05) is 6.26 Å². The summed E-state index contributed by atoms with van der Waals surface area (Å²) >= 11 is 6.06. The van der Waals surface area contributed by atoms with Crippen molar-refractivity contribution >= 4 is 27.3 Å². The first-order valence-corrected chi connectivity index (χ1v) is 11.5. The molecule has 2 aromatic rings. The number of piperidine rings is 1. The van der Waals surface area contributed by atoms with Crippen LogP contribution in [0.15, 0.2) is 48.5 Å². The molecule has 0 spiro atoms. The van der Waals surface area contributed by atoms with Gasteiger partial charge in [-0.05, 0) is 61.1 Å². The Balaban J connectivity index is 1.54. The Kier molecular flexibility index (Phi) is 4.77. The Morgan fingerprint density at radius 3 is 2.19 bits per heavy atom. The van der Waals surface area contributed by atoms with E-state index >= 15 is 0 Å². The average Bonchev–Trinajstić information content (AvgIpc) is 2.89. The fraction of sp³-hybridized carbons (Fsp3) is 0.381. The smallest absolute Gasteiger partial charge is 0.254 e. The second-order valence-corrected chi connectivity index (χ2v) is 10.4. The van der Waals surface area contributed by atoms with Crippen molar-refractivity contribution in [3.63, 3.8) is 0 Å². The quantitative estimate of drug-likeness (QED) is 0.772. The van der Waals surface area contributed by atoms with Crippen LogP contribution in [0.25, 0.3) is 11.1 Å². The minimum Gasteiger partial charge on any atom is -0.333 e. The minimum absolute atomic E-state index is 0.00657. The molecule has 4 nitrogen and oxygen atoms in total. The summed E-state index contributed by atoms with van der Waals surface area (Å²) in [5, 5.41) is 0.363. The fourth-order valence-corrected chi connectivity index (χ4v) is 5.76. The molecule has 2 bridgehead atoms. The molecule has 142 valence electrons. The van der Waals surface area contributed by atoms with Crippen LogP contribution < -0.4 is 0 Å². The van der Waals surface area contributed by atoms with Gasteiger partial charge >= 0.3 is 0 Å². The Labute approximate surface area is 165 Å². The summed E-state index contributed by atoms with van der Waals surface area (Å²) in [6, 6.07) is 15.2.